The van der Waals surface area contributed by atoms with Crippen LogP contribution in [0.2, 0.25) is 0 Å². The number of phenolic OH excluding ortho intramolecular Hbond substituents is 1. The fraction of sp³-hybridized carbons (Fsp3) is 0. The molecular weight excluding hydrogens is 254 g/mol. The molecule has 2 rings (SSSR count). The van der Waals surface area contributed by atoms with E-state index < -0.39 is 23.2 Å². The van der Waals surface area contributed by atoms with Crippen LogP contribution in [0.15, 0.2) is 36.4 Å². The highest BCUT2D eigenvalue weighted by molar-refractivity contribution is 6.07. The minimum atomic E-state index is -1.25. The molecule has 0 aliphatic rings. The van der Waals surface area contributed by atoms with Crippen molar-refractivity contribution in [3.05, 3.63) is 53.6 Å². The van der Waals surface area contributed by atoms with Crippen molar-refractivity contribution in [2.75, 3.05) is 11.1 Å². The minimum absolute atomic E-state index is 0.0643. The Bertz CT molecular complexity index is 645. The van der Waals surface area contributed by atoms with Gasteiger partial charge in [-0.3, -0.25) is 4.79 Å². The van der Waals surface area contributed by atoms with Crippen molar-refractivity contribution in [1.82, 2.24) is 0 Å². The Labute approximate surface area is 107 Å². The number of nitrogen functional groups attached to an aromatic ring is 1. The van der Waals surface area contributed by atoms with Crippen LogP contribution in [0.5, 0.6) is 5.75 Å². The van der Waals surface area contributed by atoms with Crippen LogP contribution in [-0.4, -0.2) is 11.0 Å². The highest BCUT2D eigenvalue weighted by Crippen LogP contribution is 2.26. The van der Waals surface area contributed by atoms with Gasteiger partial charge in [0, 0.05) is 0 Å². The number of carbonyl (C=O) groups is 1. The zero-order valence-electron chi connectivity index (χ0n) is 9.65. The van der Waals surface area contributed by atoms with Crippen LogP contribution in [0.3, 0.4) is 0 Å². The van der Waals surface area contributed by atoms with Gasteiger partial charge in [-0.25, -0.2) is 8.78 Å². The number of carbonyl (C=O) groups excluding carboxylic acids is 1. The zero-order chi connectivity index (χ0) is 14.0. The lowest BCUT2D eigenvalue weighted by atomic mass is 10.1. The summed E-state index contributed by atoms with van der Waals surface area (Å²) in [6.07, 6.45) is 0. The zero-order valence-corrected chi connectivity index (χ0v) is 9.65. The molecule has 98 valence electrons. The van der Waals surface area contributed by atoms with E-state index in [-0.39, 0.29) is 17.0 Å². The van der Waals surface area contributed by atoms with Crippen LogP contribution in [-0.2, 0) is 0 Å². The molecule has 0 fully saturated rings. The Morgan fingerprint density at radius 2 is 1.84 bits per heavy atom. The number of rotatable bonds is 2. The van der Waals surface area contributed by atoms with E-state index in [4.69, 9.17) is 5.73 Å². The van der Waals surface area contributed by atoms with Crippen LogP contribution < -0.4 is 11.1 Å². The standard InChI is InChI=1S/C13H10F2N2O2/c14-8-5-6-9(16)12(11(8)15)17-13(19)7-3-1-2-4-10(7)18/h1-6,18H,16H2,(H,17,19). The smallest absolute Gasteiger partial charge is 0.259 e. The molecule has 2 aromatic carbocycles. The molecule has 6 heteroatoms. The highest BCUT2D eigenvalue weighted by Gasteiger charge is 2.17. The van der Waals surface area contributed by atoms with E-state index in [2.05, 4.69) is 5.32 Å². The Hall–Kier alpha value is -2.63. The normalized spacial score (nSPS) is 10.2. The number of anilines is 2. The van der Waals surface area contributed by atoms with E-state index >= 15 is 0 Å². The molecule has 0 saturated carbocycles. The lowest BCUT2D eigenvalue weighted by molar-refractivity contribution is 0.102. The number of hydrogen-bond donors (Lipinski definition) is 3. The molecule has 2 aromatic rings. The van der Waals surface area contributed by atoms with Gasteiger partial charge in [-0.1, -0.05) is 12.1 Å². The Morgan fingerprint density at radius 1 is 1.16 bits per heavy atom. The van der Waals surface area contributed by atoms with Gasteiger partial charge in [0.05, 0.1) is 11.3 Å². The first-order valence-corrected chi connectivity index (χ1v) is 5.33. The quantitative estimate of drug-likeness (QED) is 0.729. The third-order valence-electron chi connectivity index (χ3n) is 2.51. The number of hydrogen-bond acceptors (Lipinski definition) is 3. The third kappa shape index (κ3) is 2.47. The average molecular weight is 264 g/mol. The van der Waals surface area contributed by atoms with Crippen molar-refractivity contribution < 1.29 is 18.7 Å². The van der Waals surface area contributed by atoms with Crippen molar-refractivity contribution >= 4 is 17.3 Å². The van der Waals surface area contributed by atoms with Crippen LogP contribution in [0.1, 0.15) is 10.4 Å². The van der Waals surface area contributed by atoms with Gasteiger partial charge in [-0.2, -0.15) is 0 Å². The van der Waals surface area contributed by atoms with Crippen LogP contribution >= 0.6 is 0 Å². The maximum atomic E-state index is 13.5. The monoisotopic (exact) mass is 264 g/mol. The second-order valence-electron chi connectivity index (χ2n) is 3.80. The van der Waals surface area contributed by atoms with Crippen molar-refractivity contribution in [2.45, 2.75) is 0 Å². The lowest BCUT2D eigenvalue weighted by Gasteiger charge is -2.10. The summed E-state index contributed by atoms with van der Waals surface area (Å²) in [6.45, 7) is 0. The van der Waals surface area contributed by atoms with Gasteiger partial charge in [0.25, 0.3) is 5.91 Å². The van der Waals surface area contributed by atoms with Gasteiger partial charge < -0.3 is 16.2 Å². The summed E-state index contributed by atoms with van der Waals surface area (Å²) >= 11 is 0. The van der Waals surface area contributed by atoms with Crippen LogP contribution in [0.25, 0.3) is 0 Å². The van der Waals surface area contributed by atoms with Crippen LogP contribution in [0, 0.1) is 11.6 Å². The van der Waals surface area contributed by atoms with Gasteiger partial charge in [0.15, 0.2) is 11.6 Å². The van der Waals surface area contributed by atoms with Gasteiger partial charge in [-0.05, 0) is 24.3 Å². The van der Waals surface area contributed by atoms with E-state index in [1.807, 2.05) is 0 Å². The fourth-order valence-corrected chi connectivity index (χ4v) is 1.54. The summed E-state index contributed by atoms with van der Waals surface area (Å²) in [5.74, 6) is -3.42. The molecule has 0 saturated heterocycles. The molecular formula is C13H10F2N2O2. The number of amides is 1. The van der Waals surface area contributed by atoms with E-state index in [1.165, 1.54) is 24.3 Å². The Morgan fingerprint density at radius 3 is 2.53 bits per heavy atom. The summed E-state index contributed by atoms with van der Waals surface area (Å²) in [6, 6.07) is 7.71. The minimum Gasteiger partial charge on any atom is -0.507 e. The van der Waals surface area contributed by atoms with Gasteiger partial charge >= 0.3 is 0 Å². The first-order valence-electron chi connectivity index (χ1n) is 5.33. The molecule has 19 heavy (non-hydrogen) atoms. The molecule has 0 spiro atoms. The van der Waals surface area contributed by atoms with E-state index in [0.29, 0.717) is 0 Å². The molecule has 0 aliphatic carbocycles. The first kappa shape index (κ1) is 12.8. The second-order valence-corrected chi connectivity index (χ2v) is 3.80. The summed E-state index contributed by atoms with van der Waals surface area (Å²) < 4.78 is 26.6. The van der Waals surface area contributed by atoms with Crippen molar-refractivity contribution in [2.24, 2.45) is 0 Å². The molecule has 0 aliphatic heterocycles. The Balaban J connectivity index is 2.35. The Kier molecular flexibility index (Phi) is 3.33. The van der Waals surface area contributed by atoms with Crippen LogP contribution in [0.4, 0.5) is 20.2 Å². The van der Waals surface area contributed by atoms with Crippen molar-refractivity contribution in [1.29, 1.82) is 0 Å². The second kappa shape index (κ2) is 4.93. The third-order valence-corrected chi connectivity index (χ3v) is 2.51. The molecule has 4 N–H and O–H groups in total. The number of halogens is 2. The number of benzene rings is 2. The highest BCUT2D eigenvalue weighted by atomic mass is 19.2. The number of nitrogens with two attached hydrogens (primary N) is 1. The molecule has 0 heterocycles. The molecule has 1 amide bonds. The number of phenols is 1. The topological polar surface area (TPSA) is 75.3 Å². The molecule has 0 aromatic heterocycles. The molecule has 0 unspecified atom stereocenters. The number of para-hydroxylation sites is 1. The summed E-state index contributed by atoms with van der Waals surface area (Å²) in [5.41, 5.74) is 4.85. The van der Waals surface area contributed by atoms with Gasteiger partial charge in [-0.15, -0.1) is 0 Å². The van der Waals surface area contributed by atoms with Gasteiger partial charge in [0.2, 0.25) is 0 Å². The number of nitrogens with one attached hydrogen (secondary N) is 1. The van der Waals surface area contributed by atoms with Crippen molar-refractivity contribution in [3.8, 4) is 5.75 Å². The van der Waals surface area contributed by atoms with E-state index in [1.54, 1.807) is 0 Å². The average Bonchev–Trinajstić information content (AvgIpc) is 2.39. The van der Waals surface area contributed by atoms with E-state index in [0.717, 1.165) is 12.1 Å². The summed E-state index contributed by atoms with van der Waals surface area (Å²) in [7, 11) is 0. The SMILES string of the molecule is Nc1ccc(F)c(F)c1NC(=O)c1ccccc1O. The first-order chi connectivity index (χ1) is 9.00. The summed E-state index contributed by atoms with van der Waals surface area (Å²) in [5, 5.41) is 11.6. The maximum Gasteiger partial charge on any atom is 0.259 e. The van der Waals surface area contributed by atoms with Gasteiger partial charge in [0.1, 0.15) is 11.4 Å². The number of aromatic hydroxyl groups is 1. The van der Waals surface area contributed by atoms with Crippen molar-refractivity contribution in [3.63, 3.8) is 0 Å². The fourth-order valence-electron chi connectivity index (χ4n) is 1.54. The maximum absolute atomic E-state index is 13.5. The summed E-state index contributed by atoms with van der Waals surface area (Å²) in [4.78, 5) is 11.8. The lowest BCUT2D eigenvalue weighted by Crippen LogP contribution is -2.15. The largest absolute Gasteiger partial charge is 0.507 e. The molecule has 0 radical (unpaired) electrons. The predicted molar refractivity (Wildman–Crippen MR) is 66.8 cm³/mol. The molecule has 0 bridgehead atoms. The predicted octanol–water partition coefficient (Wildman–Crippen LogP) is 2.50. The molecule has 0 atom stereocenters. The van der Waals surface area contributed by atoms with E-state index in [9.17, 15) is 18.7 Å². The molecule has 4 nitrogen and oxygen atoms in total.